The zero-order chi connectivity index (χ0) is 21.9. The maximum atomic E-state index is 12.9. The molecule has 7 nitrogen and oxygen atoms in total. The van der Waals surface area contributed by atoms with Crippen molar-refractivity contribution < 1.29 is 4.79 Å². The van der Waals surface area contributed by atoms with Crippen LogP contribution in [0, 0.1) is 5.92 Å². The summed E-state index contributed by atoms with van der Waals surface area (Å²) in [5.41, 5.74) is 3.07. The molecule has 3 heterocycles. The summed E-state index contributed by atoms with van der Waals surface area (Å²) in [6, 6.07) is 21.9. The minimum atomic E-state index is -0.311. The quantitative estimate of drug-likeness (QED) is 0.491. The molecule has 4 aromatic rings. The van der Waals surface area contributed by atoms with Crippen LogP contribution in [0.1, 0.15) is 18.4 Å². The molecule has 0 bridgehead atoms. The van der Waals surface area contributed by atoms with Crippen molar-refractivity contribution in [1.29, 1.82) is 0 Å². The second kappa shape index (κ2) is 8.78. The number of hydrogen-bond acceptors (Lipinski definition) is 4. The van der Waals surface area contributed by atoms with E-state index >= 15 is 0 Å². The van der Waals surface area contributed by atoms with E-state index in [2.05, 4.69) is 34.5 Å². The first-order chi connectivity index (χ1) is 15.7. The van der Waals surface area contributed by atoms with E-state index in [0.717, 1.165) is 37.9 Å². The van der Waals surface area contributed by atoms with Crippen LogP contribution in [0.25, 0.3) is 16.8 Å². The molecule has 0 radical (unpaired) electrons. The summed E-state index contributed by atoms with van der Waals surface area (Å²) in [7, 11) is 0. The van der Waals surface area contributed by atoms with Gasteiger partial charge >= 0.3 is 0 Å². The van der Waals surface area contributed by atoms with Crippen molar-refractivity contribution in [2.45, 2.75) is 25.8 Å². The van der Waals surface area contributed by atoms with E-state index in [9.17, 15) is 9.59 Å². The van der Waals surface area contributed by atoms with Gasteiger partial charge in [-0.05, 0) is 36.8 Å². The molecule has 0 N–H and O–H groups in total. The Bertz CT molecular complexity index is 1270. The van der Waals surface area contributed by atoms with Crippen molar-refractivity contribution in [2.24, 2.45) is 5.92 Å². The van der Waals surface area contributed by atoms with E-state index in [0.29, 0.717) is 17.1 Å². The fraction of sp³-hybridized carbons (Fsp3) is 0.280. The van der Waals surface area contributed by atoms with Gasteiger partial charge in [-0.25, -0.2) is 9.20 Å². The van der Waals surface area contributed by atoms with E-state index in [4.69, 9.17) is 0 Å². The zero-order valence-electron chi connectivity index (χ0n) is 17.8. The van der Waals surface area contributed by atoms with Crippen LogP contribution in [0.5, 0.6) is 0 Å². The minimum Gasteiger partial charge on any atom is -0.341 e. The summed E-state index contributed by atoms with van der Waals surface area (Å²) in [6.45, 7) is 1.39. The summed E-state index contributed by atoms with van der Waals surface area (Å²) in [5, 5.41) is 8.62. The molecule has 32 heavy (non-hydrogen) atoms. The molecule has 162 valence electrons. The number of rotatable bonds is 5. The van der Waals surface area contributed by atoms with Crippen LogP contribution in [0.3, 0.4) is 0 Å². The largest absolute Gasteiger partial charge is 0.341 e. The molecule has 0 aliphatic carbocycles. The Morgan fingerprint density at radius 2 is 1.66 bits per heavy atom. The van der Waals surface area contributed by atoms with Crippen LogP contribution in [0.15, 0.2) is 77.9 Å². The number of aromatic nitrogens is 4. The first-order valence-corrected chi connectivity index (χ1v) is 11.0. The Hall–Kier alpha value is -3.74. The molecule has 1 saturated heterocycles. The van der Waals surface area contributed by atoms with Gasteiger partial charge in [0.1, 0.15) is 18.4 Å². The molecule has 1 aliphatic heterocycles. The second-order valence-corrected chi connectivity index (χ2v) is 8.33. The van der Waals surface area contributed by atoms with Crippen LogP contribution >= 0.6 is 0 Å². The number of likely N-dealkylation sites (tertiary alicyclic amines) is 1. The molecular formula is C25H25N5O2. The Morgan fingerprint density at radius 3 is 2.38 bits per heavy atom. The van der Waals surface area contributed by atoms with Gasteiger partial charge < -0.3 is 4.90 Å². The smallest absolute Gasteiger partial charge is 0.293 e. The minimum absolute atomic E-state index is 0.0511. The standard InChI is InChI=1S/C25H25N5O2/c31-24(28-13-11-20(12-14-28)15-19-7-3-1-4-8-19)17-29-25(32)23-16-22(27-30(23)18-26-29)21-9-5-2-6-10-21/h1-10,16,18,20H,11-15,17H2. The van der Waals surface area contributed by atoms with E-state index in [-0.39, 0.29) is 18.0 Å². The van der Waals surface area contributed by atoms with Crippen molar-refractivity contribution in [2.75, 3.05) is 13.1 Å². The molecule has 0 spiro atoms. The maximum Gasteiger partial charge on any atom is 0.293 e. The maximum absolute atomic E-state index is 12.9. The molecule has 1 fully saturated rings. The lowest BCUT2D eigenvalue weighted by molar-refractivity contribution is -0.133. The van der Waals surface area contributed by atoms with Gasteiger partial charge in [0.2, 0.25) is 5.91 Å². The molecule has 2 aromatic heterocycles. The topological polar surface area (TPSA) is 72.5 Å². The number of carbonyl (C=O) groups is 1. The fourth-order valence-corrected chi connectivity index (χ4v) is 4.36. The van der Waals surface area contributed by atoms with Crippen LogP contribution in [0.4, 0.5) is 0 Å². The van der Waals surface area contributed by atoms with E-state index < -0.39 is 0 Å². The summed E-state index contributed by atoms with van der Waals surface area (Å²) in [4.78, 5) is 27.6. The predicted octanol–water partition coefficient (Wildman–Crippen LogP) is 3.04. The van der Waals surface area contributed by atoms with Gasteiger partial charge in [0, 0.05) is 18.7 Å². The van der Waals surface area contributed by atoms with Crippen molar-refractivity contribution >= 4 is 11.4 Å². The van der Waals surface area contributed by atoms with Gasteiger partial charge in [0.05, 0.1) is 5.69 Å². The Labute approximate surface area is 185 Å². The van der Waals surface area contributed by atoms with Gasteiger partial charge in [0.15, 0.2) is 0 Å². The van der Waals surface area contributed by atoms with Gasteiger partial charge in [-0.15, -0.1) is 0 Å². The first-order valence-electron chi connectivity index (χ1n) is 11.0. The summed E-state index contributed by atoms with van der Waals surface area (Å²) >= 11 is 0. The Kier molecular flexibility index (Phi) is 5.54. The number of carbonyl (C=O) groups excluding carboxylic acids is 1. The molecule has 2 aromatic carbocycles. The lowest BCUT2D eigenvalue weighted by Gasteiger charge is -2.32. The number of nitrogens with zero attached hydrogens (tertiary/aromatic N) is 5. The van der Waals surface area contributed by atoms with Gasteiger partial charge in [-0.1, -0.05) is 60.7 Å². The average molecular weight is 428 g/mol. The van der Waals surface area contributed by atoms with Gasteiger partial charge in [-0.2, -0.15) is 10.2 Å². The van der Waals surface area contributed by atoms with Crippen LogP contribution in [0.2, 0.25) is 0 Å². The van der Waals surface area contributed by atoms with Crippen molar-refractivity contribution in [1.82, 2.24) is 24.3 Å². The van der Waals surface area contributed by atoms with E-state index in [1.54, 1.807) is 6.07 Å². The highest BCUT2D eigenvalue weighted by Crippen LogP contribution is 2.22. The lowest BCUT2D eigenvalue weighted by Crippen LogP contribution is -2.42. The highest BCUT2D eigenvalue weighted by atomic mass is 16.2. The average Bonchev–Trinajstić information content (AvgIpc) is 3.28. The number of benzene rings is 2. The highest BCUT2D eigenvalue weighted by molar-refractivity contribution is 5.76. The zero-order valence-corrected chi connectivity index (χ0v) is 17.8. The van der Waals surface area contributed by atoms with Gasteiger partial charge in [0.25, 0.3) is 5.56 Å². The lowest BCUT2D eigenvalue weighted by atomic mass is 9.90. The van der Waals surface area contributed by atoms with Crippen LogP contribution in [-0.4, -0.2) is 43.3 Å². The third-order valence-electron chi connectivity index (χ3n) is 6.18. The number of fused-ring (bicyclic) bond motifs is 1. The molecule has 0 unspecified atom stereocenters. The molecule has 5 rings (SSSR count). The summed E-state index contributed by atoms with van der Waals surface area (Å²) < 4.78 is 2.71. The normalized spacial score (nSPS) is 14.7. The molecule has 0 atom stereocenters. The van der Waals surface area contributed by atoms with Gasteiger partial charge in [-0.3, -0.25) is 9.59 Å². The number of hydrogen-bond donors (Lipinski definition) is 0. The number of amides is 1. The van der Waals surface area contributed by atoms with Crippen LogP contribution in [-0.2, 0) is 17.8 Å². The highest BCUT2D eigenvalue weighted by Gasteiger charge is 2.24. The Balaban J connectivity index is 1.25. The summed E-state index contributed by atoms with van der Waals surface area (Å²) in [6.07, 6.45) is 4.49. The second-order valence-electron chi connectivity index (χ2n) is 8.33. The van der Waals surface area contributed by atoms with Crippen LogP contribution < -0.4 is 5.56 Å². The molecule has 7 heteroatoms. The monoisotopic (exact) mass is 427 g/mol. The van der Waals surface area contributed by atoms with Crippen molar-refractivity contribution in [3.8, 4) is 11.3 Å². The molecule has 1 amide bonds. The Morgan fingerprint density at radius 1 is 0.969 bits per heavy atom. The number of piperidine rings is 1. The van der Waals surface area contributed by atoms with E-state index in [1.807, 2.05) is 41.3 Å². The summed E-state index contributed by atoms with van der Waals surface area (Å²) in [5.74, 6) is 0.520. The molecule has 0 saturated carbocycles. The predicted molar refractivity (Wildman–Crippen MR) is 122 cm³/mol. The van der Waals surface area contributed by atoms with Crippen molar-refractivity contribution in [3.05, 3.63) is 89.0 Å². The first kappa shape index (κ1) is 20.2. The molecule has 1 aliphatic rings. The SMILES string of the molecule is O=C(Cn1ncn2nc(-c3ccccc3)cc2c1=O)N1CCC(Cc2ccccc2)CC1. The molecular weight excluding hydrogens is 402 g/mol. The van der Waals surface area contributed by atoms with E-state index in [1.165, 1.54) is 21.1 Å². The third-order valence-corrected chi connectivity index (χ3v) is 6.18. The third kappa shape index (κ3) is 4.19. The van der Waals surface area contributed by atoms with Crippen molar-refractivity contribution in [3.63, 3.8) is 0 Å². The fourth-order valence-electron chi connectivity index (χ4n) is 4.36.